The van der Waals surface area contributed by atoms with E-state index in [0.29, 0.717) is 6.42 Å². The number of carboxylic acids is 1. The van der Waals surface area contributed by atoms with Crippen LogP contribution in [-0.2, 0) is 4.79 Å². The van der Waals surface area contributed by atoms with Crippen molar-refractivity contribution in [2.45, 2.75) is 44.7 Å². The Hall–Kier alpha value is -1.95. The van der Waals surface area contributed by atoms with Gasteiger partial charge in [0.1, 0.15) is 0 Å². The molecule has 21 heavy (non-hydrogen) atoms. The molecule has 1 aromatic carbocycles. The predicted molar refractivity (Wildman–Crippen MR) is 78.0 cm³/mol. The number of hydrogen-bond donors (Lipinski definition) is 2. The first-order chi connectivity index (χ1) is 9.97. The Morgan fingerprint density at radius 3 is 2.62 bits per heavy atom. The molecule has 0 heterocycles. The monoisotopic (exact) mass is 292 g/mol. The van der Waals surface area contributed by atoms with Gasteiger partial charge < -0.3 is 10.4 Å². The van der Waals surface area contributed by atoms with E-state index in [2.05, 4.69) is 5.32 Å². The van der Waals surface area contributed by atoms with Gasteiger partial charge in [-0.05, 0) is 31.7 Å². The first-order valence-corrected chi connectivity index (χ1v) is 7.20. The molecule has 0 aromatic heterocycles. The van der Waals surface area contributed by atoms with Crippen LogP contribution in [0.4, 0.5) is 5.69 Å². The van der Waals surface area contributed by atoms with E-state index in [1.807, 2.05) is 6.92 Å². The summed E-state index contributed by atoms with van der Waals surface area (Å²) in [4.78, 5) is 21.3. The molecule has 0 amide bonds. The van der Waals surface area contributed by atoms with E-state index >= 15 is 0 Å². The molecule has 0 spiro atoms. The van der Waals surface area contributed by atoms with Crippen LogP contribution in [0.25, 0.3) is 0 Å². The topological polar surface area (TPSA) is 92.5 Å². The molecule has 0 radical (unpaired) electrons. The Labute approximate surface area is 123 Å². The van der Waals surface area contributed by atoms with E-state index in [-0.39, 0.29) is 23.7 Å². The number of non-ortho nitro benzene ring substituents is 1. The number of hydrogen-bond acceptors (Lipinski definition) is 4. The second-order valence-corrected chi connectivity index (χ2v) is 5.64. The second kappa shape index (κ2) is 6.67. The van der Waals surface area contributed by atoms with E-state index in [4.69, 9.17) is 5.11 Å². The summed E-state index contributed by atoms with van der Waals surface area (Å²) >= 11 is 0. The second-order valence-electron chi connectivity index (χ2n) is 5.64. The third-order valence-corrected chi connectivity index (χ3v) is 4.11. The molecule has 1 aliphatic rings. The predicted octanol–water partition coefficient (Wildman–Crippen LogP) is 2.89. The molecule has 3 unspecified atom stereocenters. The first-order valence-electron chi connectivity index (χ1n) is 7.20. The maximum atomic E-state index is 11.1. The Morgan fingerprint density at radius 1 is 1.38 bits per heavy atom. The minimum Gasteiger partial charge on any atom is -0.481 e. The van der Waals surface area contributed by atoms with Crippen molar-refractivity contribution in [2.75, 3.05) is 0 Å². The smallest absolute Gasteiger partial charge is 0.306 e. The lowest BCUT2D eigenvalue weighted by Crippen LogP contribution is -2.37. The molecule has 6 nitrogen and oxygen atoms in total. The van der Waals surface area contributed by atoms with Crippen molar-refractivity contribution >= 4 is 11.7 Å². The average Bonchev–Trinajstić information content (AvgIpc) is 2.47. The van der Waals surface area contributed by atoms with Gasteiger partial charge in [-0.2, -0.15) is 0 Å². The highest BCUT2D eigenvalue weighted by molar-refractivity contribution is 5.70. The highest BCUT2D eigenvalue weighted by atomic mass is 16.6. The van der Waals surface area contributed by atoms with Crippen LogP contribution in [0.3, 0.4) is 0 Å². The number of rotatable bonds is 5. The maximum absolute atomic E-state index is 11.1. The zero-order chi connectivity index (χ0) is 15.4. The van der Waals surface area contributed by atoms with Crippen LogP contribution in [0, 0.1) is 16.0 Å². The Balaban J connectivity index is 1.95. The molecule has 0 bridgehead atoms. The van der Waals surface area contributed by atoms with Crippen LogP contribution in [-0.4, -0.2) is 22.0 Å². The number of nitrogens with zero attached hydrogens (tertiary/aromatic N) is 1. The van der Waals surface area contributed by atoms with Crippen molar-refractivity contribution in [3.63, 3.8) is 0 Å². The normalized spacial score (nSPS) is 23.5. The third kappa shape index (κ3) is 4.01. The Bertz CT molecular complexity index is 515. The first kappa shape index (κ1) is 15.4. The number of carboxylic acid groups (broad SMARTS) is 1. The van der Waals surface area contributed by atoms with Gasteiger partial charge in [-0.15, -0.1) is 0 Å². The van der Waals surface area contributed by atoms with Gasteiger partial charge in [-0.25, -0.2) is 0 Å². The quantitative estimate of drug-likeness (QED) is 0.643. The highest BCUT2D eigenvalue weighted by Gasteiger charge is 2.27. The minimum absolute atomic E-state index is 0.0448. The summed E-state index contributed by atoms with van der Waals surface area (Å²) in [6.07, 6.45) is 3.29. The fourth-order valence-corrected chi connectivity index (χ4v) is 2.90. The summed E-state index contributed by atoms with van der Waals surface area (Å²) in [6, 6.07) is 6.71. The summed E-state index contributed by atoms with van der Waals surface area (Å²) in [5, 5.41) is 23.2. The summed E-state index contributed by atoms with van der Waals surface area (Å²) in [7, 11) is 0. The summed E-state index contributed by atoms with van der Waals surface area (Å²) in [6.45, 7) is 1.99. The molecule has 1 fully saturated rings. The molecule has 2 rings (SSSR count). The lowest BCUT2D eigenvalue weighted by Gasteiger charge is -2.30. The summed E-state index contributed by atoms with van der Waals surface area (Å²) in [5.41, 5.74) is 1.05. The average molecular weight is 292 g/mol. The van der Waals surface area contributed by atoms with Gasteiger partial charge in [0.2, 0.25) is 0 Å². The largest absolute Gasteiger partial charge is 0.481 e. The van der Waals surface area contributed by atoms with Crippen molar-refractivity contribution in [1.29, 1.82) is 0 Å². The summed E-state index contributed by atoms with van der Waals surface area (Å²) < 4.78 is 0. The zero-order valence-electron chi connectivity index (χ0n) is 12.0. The SMILES string of the molecule is CC(NC1CCCC(C(=O)O)C1)c1ccc([N+](=O)[O-])cc1. The van der Waals surface area contributed by atoms with Crippen LogP contribution in [0.1, 0.15) is 44.2 Å². The lowest BCUT2D eigenvalue weighted by molar-refractivity contribution is -0.384. The molecule has 2 N–H and O–H groups in total. The van der Waals surface area contributed by atoms with Crippen molar-refractivity contribution in [3.8, 4) is 0 Å². The van der Waals surface area contributed by atoms with Crippen LogP contribution in [0.2, 0.25) is 0 Å². The molecule has 1 aliphatic carbocycles. The maximum Gasteiger partial charge on any atom is 0.306 e. The zero-order valence-corrected chi connectivity index (χ0v) is 12.0. The molecule has 0 saturated heterocycles. The lowest BCUT2D eigenvalue weighted by atomic mass is 9.85. The number of nitro benzene ring substituents is 1. The van der Waals surface area contributed by atoms with E-state index < -0.39 is 10.9 Å². The van der Waals surface area contributed by atoms with Crippen LogP contribution in [0.15, 0.2) is 24.3 Å². The van der Waals surface area contributed by atoms with Gasteiger partial charge in [-0.1, -0.05) is 18.6 Å². The standard InChI is InChI=1S/C15H20N2O4/c1-10(11-5-7-14(8-6-11)17(20)21)16-13-4-2-3-12(9-13)15(18)19/h5-8,10,12-13,16H,2-4,9H2,1H3,(H,18,19). The van der Waals surface area contributed by atoms with Crippen molar-refractivity contribution in [2.24, 2.45) is 5.92 Å². The molecule has 3 atom stereocenters. The molecule has 1 saturated carbocycles. The highest BCUT2D eigenvalue weighted by Crippen LogP contribution is 2.27. The van der Waals surface area contributed by atoms with E-state index in [9.17, 15) is 14.9 Å². The molecule has 1 aromatic rings. The van der Waals surface area contributed by atoms with Gasteiger partial charge in [0, 0.05) is 24.2 Å². The Kier molecular flexibility index (Phi) is 4.90. The van der Waals surface area contributed by atoms with Gasteiger partial charge in [0.15, 0.2) is 0 Å². The molecular weight excluding hydrogens is 272 g/mol. The number of aliphatic carboxylic acids is 1. The van der Waals surface area contributed by atoms with Crippen LogP contribution >= 0.6 is 0 Å². The van der Waals surface area contributed by atoms with Crippen molar-refractivity contribution in [3.05, 3.63) is 39.9 Å². The summed E-state index contributed by atoms with van der Waals surface area (Å²) in [5.74, 6) is -0.982. The number of benzene rings is 1. The van der Waals surface area contributed by atoms with Crippen LogP contribution in [0.5, 0.6) is 0 Å². The third-order valence-electron chi connectivity index (χ3n) is 4.11. The molecule has 6 heteroatoms. The number of nitro groups is 1. The molecule has 114 valence electrons. The number of carbonyl (C=O) groups is 1. The molecular formula is C15H20N2O4. The minimum atomic E-state index is -0.718. The van der Waals surface area contributed by atoms with Crippen LogP contribution < -0.4 is 5.32 Å². The van der Waals surface area contributed by atoms with E-state index in [1.165, 1.54) is 12.1 Å². The number of nitrogens with one attached hydrogen (secondary N) is 1. The van der Waals surface area contributed by atoms with Gasteiger partial charge in [-0.3, -0.25) is 14.9 Å². The Morgan fingerprint density at radius 2 is 2.05 bits per heavy atom. The van der Waals surface area contributed by atoms with E-state index in [0.717, 1.165) is 24.8 Å². The van der Waals surface area contributed by atoms with Gasteiger partial charge in [0.05, 0.1) is 10.8 Å². The van der Waals surface area contributed by atoms with E-state index in [1.54, 1.807) is 12.1 Å². The van der Waals surface area contributed by atoms with Gasteiger partial charge >= 0.3 is 5.97 Å². The fraction of sp³-hybridized carbons (Fsp3) is 0.533. The van der Waals surface area contributed by atoms with Gasteiger partial charge in [0.25, 0.3) is 5.69 Å². The molecule has 0 aliphatic heterocycles. The van der Waals surface area contributed by atoms with Crippen molar-refractivity contribution < 1.29 is 14.8 Å². The fourth-order valence-electron chi connectivity index (χ4n) is 2.90. The van der Waals surface area contributed by atoms with Crippen molar-refractivity contribution in [1.82, 2.24) is 5.32 Å².